The number of fused-ring (bicyclic) bond motifs is 1. The molecule has 108 valence electrons. The molecule has 4 heteroatoms. The Morgan fingerprint density at radius 1 is 1.19 bits per heavy atom. The van der Waals surface area contributed by atoms with Gasteiger partial charge in [0.25, 0.3) is 0 Å². The van der Waals surface area contributed by atoms with Crippen molar-refractivity contribution < 1.29 is 5.11 Å². The number of aromatic nitrogens is 2. The van der Waals surface area contributed by atoms with Crippen LogP contribution in [0.5, 0.6) is 5.75 Å². The lowest BCUT2D eigenvalue weighted by Crippen LogP contribution is -2.14. The third-order valence-electron chi connectivity index (χ3n) is 3.68. The molecular formula is C17H19N3O. The average molecular weight is 281 g/mol. The first-order chi connectivity index (χ1) is 10.0. The molecule has 3 aromatic rings. The fraction of sp³-hybridized carbons (Fsp3) is 0.235. The normalized spacial score (nSPS) is 12.7. The molecule has 0 aliphatic heterocycles. The molecule has 0 saturated heterocycles. The van der Waals surface area contributed by atoms with Gasteiger partial charge in [-0.25, -0.2) is 4.98 Å². The van der Waals surface area contributed by atoms with Gasteiger partial charge in [-0.15, -0.1) is 0 Å². The smallest absolute Gasteiger partial charge is 0.124 e. The van der Waals surface area contributed by atoms with Crippen molar-refractivity contribution in [3.63, 3.8) is 0 Å². The molecule has 3 rings (SSSR count). The predicted octanol–water partition coefficient (Wildman–Crippen LogP) is 3.13. The van der Waals surface area contributed by atoms with Crippen LogP contribution >= 0.6 is 0 Å². The highest BCUT2D eigenvalue weighted by molar-refractivity contribution is 5.79. The number of benzene rings is 2. The summed E-state index contributed by atoms with van der Waals surface area (Å²) in [7, 11) is 0. The summed E-state index contributed by atoms with van der Waals surface area (Å²) in [4.78, 5) is 7.96. The molecule has 1 aromatic heterocycles. The first-order valence-electron chi connectivity index (χ1n) is 7.03. The molecule has 0 radical (unpaired) electrons. The molecule has 2 aromatic carbocycles. The summed E-state index contributed by atoms with van der Waals surface area (Å²) in [6, 6.07) is 11.1. The van der Waals surface area contributed by atoms with Gasteiger partial charge in [-0.1, -0.05) is 18.2 Å². The number of imidazole rings is 1. The van der Waals surface area contributed by atoms with E-state index in [1.54, 1.807) is 12.1 Å². The topological polar surface area (TPSA) is 74.9 Å². The van der Waals surface area contributed by atoms with Crippen molar-refractivity contribution in [3.05, 3.63) is 58.9 Å². The van der Waals surface area contributed by atoms with E-state index < -0.39 is 0 Å². The van der Waals surface area contributed by atoms with Gasteiger partial charge in [0.2, 0.25) is 0 Å². The van der Waals surface area contributed by atoms with E-state index in [4.69, 9.17) is 5.73 Å². The molecule has 1 atom stereocenters. The Bertz CT molecular complexity index is 775. The van der Waals surface area contributed by atoms with Crippen LogP contribution in [0.2, 0.25) is 0 Å². The van der Waals surface area contributed by atoms with Gasteiger partial charge >= 0.3 is 0 Å². The number of phenolic OH excluding ortho intramolecular Hbond substituents is 1. The molecule has 4 nitrogen and oxygen atoms in total. The highest BCUT2D eigenvalue weighted by atomic mass is 16.3. The Kier molecular flexibility index (Phi) is 3.39. The molecule has 0 fully saturated rings. The standard InChI is InChI=1S/C17H19N3O/c1-10-7-11(2)16-15(8-10)19-17(20-16)14(18)9-12-3-5-13(21)6-4-12/h3-8,14,21H,9,18H2,1-2H3,(H,19,20). The Balaban J connectivity index is 1.89. The van der Waals surface area contributed by atoms with E-state index >= 15 is 0 Å². The number of hydrogen-bond acceptors (Lipinski definition) is 3. The van der Waals surface area contributed by atoms with Gasteiger partial charge in [0, 0.05) is 0 Å². The lowest BCUT2D eigenvalue weighted by atomic mass is 10.1. The van der Waals surface area contributed by atoms with E-state index in [9.17, 15) is 5.11 Å². The van der Waals surface area contributed by atoms with Crippen LogP contribution in [0.3, 0.4) is 0 Å². The summed E-state index contributed by atoms with van der Waals surface area (Å²) in [5.74, 6) is 1.06. The number of H-pyrrole nitrogens is 1. The number of aryl methyl sites for hydroxylation is 2. The van der Waals surface area contributed by atoms with Crippen molar-refractivity contribution >= 4 is 11.0 Å². The average Bonchev–Trinajstić information content (AvgIpc) is 2.85. The number of aromatic hydroxyl groups is 1. The van der Waals surface area contributed by atoms with Crippen molar-refractivity contribution in [2.24, 2.45) is 5.73 Å². The lowest BCUT2D eigenvalue weighted by Gasteiger charge is -2.08. The zero-order chi connectivity index (χ0) is 15.0. The third kappa shape index (κ3) is 2.76. The molecule has 0 bridgehead atoms. The maximum absolute atomic E-state index is 9.31. The van der Waals surface area contributed by atoms with Crippen LogP contribution in [-0.4, -0.2) is 15.1 Å². The molecule has 0 aliphatic rings. The highest BCUT2D eigenvalue weighted by Gasteiger charge is 2.13. The number of phenols is 1. The fourth-order valence-electron chi connectivity index (χ4n) is 2.65. The second kappa shape index (κ2) is 5.22. The van der Waals surface area contributed by atoms with E-state index in [2.05, 4.69) is 35.9 Å². The van der Waals surface area contributed by atoms with Gasteiger partial charge in [-0.05, 0) is 55.2 Å². The molecule has 1 heterocycles. The third-order valence-corrected chi connectivity index (χ3v) is 3.68. The van der Waals surface area contributed by atoms with Crippen LogP contribution in [0.25, 0.3) is 11.0 Å². The zero-order valence-corrected chi connectivity index (χ0v) is 12.2. The maximum Gasteiger partial charge on any atom is 0.124 e. The first-order valence-corrected chi connectivity index (χ1v) is 7.03. The second-order valence-corrected chi connectivity index (χ2v) is 5.58. The number of hydrogen-bond donors (Lipinski definition) is 3. The summed E-state index contributed by atoms with van der Waals surface area (Å²) in [5.41, 5.74) is 11.7. The number of nitrogens with two attached hydrogens (primary N) is 1. The van der Waals surface area contributed by atoms with Crippen LogP contribution in [-0.2, 0) is 6.42 Å². The molecule has 4 N–H and O–H groups in total. The molecular weight excluding hydrogens is 262 g/mol. The minimum absolute atomic E-state index is 0.193. The van der Waals surface area contributed by atoms with Gasteiger partial charge < -0.3 is 15.8 Å². The summed E-state index contributed by atoms with van der Waals surface area (Å²) in [5, 5.41) is 9.31. The second-order valence-electron chi connectivity index (χ2n) is 5.58. The summed E-state index contributed by atoms with van der Waals surface area (Å²) >= 11 is 0. The van der Waals surface area contributed by atoms with E-state index in [0.29, 0.717) is 6.42 Å². The quantitative estimate of drug-likeness (QED) is 0.690. The minimum atomic E-state index is -0.193. The van der Waals surface area contributed by atoms with E-state index in [0.717, 1.165) is 28.0 Å². The predicted molar refractivity (Wildman–Crippen MR) is 84.3 cm³/mol. The molecule has 0 spiro atoms. The first kappa shape index (κ1) is 13.6. The molecule has 1 unspecified atom stereocenters. The highest BCUT2D eigenvalue weighted by Crippen LogP contribution is 2.22. The fourth-order valence-corrected chi connectivity index (χ4v) is 2.65. The number of rotatable bonds is 3. The summed E-state index contributed by atoms with van der Waals surface area (Å²) in [6.07, 6.45) is 0.679. The van der Waals surface area contributed by atoms with E-state index in [1.165, 1.54) is 5.56 Å². The SMILES string of the molecule is Cc1cc(C)c2nc(C(N)Cc3ccc(O)cc3)[nH]c2c1. The van der Waals surface area contributed by atoms with Crippen molar-refractivity contribution in [2.45, 2.75) is 26.3 Å². The van der Waals surface area contributed by atoms with Gasteiger partial charge in [0.15, 0.2) is 0 Å². The van der Waals surface area contributed by atoms with Crippen molar-refractivity contribution in [2.75, 3.05) is 0 Å². The number of aromatic amines is 1. The van der Waals surface area contributed by atoms with Gasteiger partial charge in [-0.3, -0.25) is 0 Å². The van der Waals surface area contributed by atoms with E-state index in [1.807, 2.05) is 12.1 Å². The Morgan fingerprint density at radius 3 is 2.62 bits per heavy atom. The zero-order valence-electron chi connectivity index (χ0n) is 12.2. The Morgan fingerprint density at radius 2 is 1.90 bits per heavy atom. The number of nitrogens with one attached hydrogen (secondary N) is 1. The molecule has 21 heavy (non-hydrogen) atoms. The van der Waals surface area contributed by atoms with Gasteiger partial charge in [-0.2, -0.15) is 0 Å². The monoisotopic (exact) mass is 281 g/mol. The van der Waals surface area contributed by atoms with Crippen molar-refractivity contribution in [1.82, 2.24) is 9.97 Å². The molecule has 0 aliphatic carbocycles. The summed E-state index contributed by atoms with van der Waals surface area (Å²) < 4.78 is 0. The summed E-state index contributed by atoms with van der Waals surface area (Å²) in [6.45, 7) is 4.13. The maximum atomic E-state index is 9.31. The largest absolute Gasteiger partial charge is 0.508 e. The Hall–Kier alpha value is -2.33. The van der Waals surface area contributed by atoms with Crippen molar-refractivity contribution in [3.8, 4) is 5.75 Å². The minimum Gasteiger partial charge on any atom is -0.508 e. The van der Waals surface area contributed by atoms with Crippen LogP contribution < -0.4 is 5.73 Å². The van der Waals surface area contributed by atoms with Crippen LogP contribution in [0.4, 0.5) is 0 Å². The molecule has 0 saturated carbocycles. The van der Waals surface area contributed by atoms with Crippen molar-refractivity contribution in [1.29, 1.82) is 0 Å². The van der Waals surface area contributed by atoms with Gasteiger partial charge in [0.05, 0.1) is 17.1 Å². The van der Waals surface area contributed by atoms with Crippen LogP contribution in [0, 0.1) is 13.8 Å². The van der Waals surface area contributed by atoms with Crippen LogP contribution in [0.1, 0.15) is 28.6 Å². The molecule has 0 amide bonds. The Labute approximate surface area is 123 Å². The van der Waals surface area contributed by atoms with Gasteiger partial charge in [0.1, 0.15) is 11.6 Å². The van der Waals surface area contributed by atoms with Crippen LogP contribution in [0.15, 0.2) is 36.4 Å². The van der Waals surface area contributed by atoms with E-state index in [-0.39, 0.29) is 11.8 Å². The number of nitrogens with zero attached hydrogens (tertiary/aromatic N) is 1. The lowest BCUT2D eigenvalue weighted by molar-refractivity contribution is 0.475.